The zero-order valence-corrected chi connectivity index (χ0v) is 34.3. The van der Waals surface area contributed by atoms with Gasteiger partial charge in [0.15, 0.2) is 0 Å². The molecule has 2 fully saturated rings. The summed E-state index contributed by atoms with van der Waals surface area (Å²) in [7, 11) is 1.53. The van der Waals surface area contributed by atoms with Gasteiger partial charge in [-0.15, -0.1) is 0 Å². The number of aromatic nitrogens is 4. The average molecular weight is 785 g/mol. The van der Waals surface area contributed by atoms with E-state index in [1.807, 2.05) is 54.2 Å². The van der Waals surface area contributed by atoms with Crippen molar-refractivity contribution in [1.82, 2.24) is 39.5 Å². The fourth-order valence-corrected chi connectivity index (χ4v) is 8.80. The standard InChI is InChI=1S/C46H56N8O4/c1-6-52(7-2)42(35-13-9-8-10-14-35)45(56)54-26-12-16-39(54)44-48-29-37(50-44)34-23-19-32(20-24-34)31-17-21-33(22-18-31)36-28-47-43(49-36)38-15-11-25-53(38)41(55)27-40(30(3)4)51(5)46(57)58/h8-10,13-14,17-24,28-30,38-40,42H,6-7,11-12,15-16,25-27H2,1-5H3,(H,47,49)(H,48,50)(H,57,58)/t38-,39-,40+,42+/m0/s1. The molecule has 2 aliphatic heterocycles. The van der Waals surface area contributed by atoms with Crippen molar-refractivity contribution in [2.75, 3.05) is 33.2 Å². The number of benzene rings is 3. The van der Waals surface area contributed by atoms with E-state index >= 15 is 0 Å². The quantitative estimate of drug-likeness (QED) is 0.102. The summed E-state index contributed by atoms with van der Waals surface area (Å²) in [6.45, 7) is 11.0. The van der Waals surface area contributed by atoms with Crippen molar-refractivity contribution in [1.29, 1.82) is 0 Å². The number of hydrogen-bond donors (Lipinski definition) is 3. The molecule has 0 spiro atoms. The molecule has 0 bridgehead atoms. The Balaban J connectivity index is 1.00. The number of aromatic amines is 2. The van der Waals surface area contributed by atoms with Gasteiger partial charge >= 0.3 is 6.09 Å². The topological polar surface area (TPSA) is 142 Å². The molecule has 3 aromatic carbocycles. The Morgan fingerprint density at radius 3 is 1.71 bits per heavy atom. The van der Waals surface area contributed by atoms with E-state index in [1.54, 1.807) is 0 Å². The van der Waals surface area contributed by atoms with Crippen LogP contribution < -0.4 is 0 Å². The molecule has 58 heavy (non-hydrogen) atoms. The first kappa shape index (κ1) is 40.4. The summed E-state index contributed by atoms with van der Waals surface area (Å²) in [6.07, 6.45) is 6.30. The second-order valence-electron chi connectivity index (χ2n) is 15.9. The van der Waals surface area contributed by atoms with E-state index in [1.165, 1.54) is 11.9 Å². The summed E-state index contributed by atoms with van der Waals surface area (Å²) < 4.78 is 0. The van der Waals surface area contributed by atoms with Gasteiger partial charge < -0.3 is 29.8 Å². The number of carbonyl (C=O) groups excluding carboxylic acids is 2. The van der Waals surface area contributed by atoms with Crippen molar-refractivity contribution in [3.8, 4) is 33.6 Å². The van der Waals surface area contributed by atoms with Crippen LogP contribution in [0.4, 0.5) is 4.79 Å². The molecule has 5 aromatic rings. The summed E-state index contributed by atoms with van der Waals surface area (Å²) in [5, 5.41) is 9.54. The fraction of sp³-hybridized carbons (Fsp3) is 0.413. The van der Waals surface area contributed by atoms with Crippen molar-refractivity contribution in [2.45, 2.75) is 84.0 Å². The van der Waals surface area contributed by atoms with Crippen LogP contribution in [-0.2, 0) is 9.59 Å². The highest BCUT2D eigenvalue weighted by Crippen LogP contribution is 2.37. The van der Waals surface area contributed by atoms with Gasteiger partial charge in [0.1, 0.15) is 17.7 Å². The molecule has 3 amide bonds. The highest BCUT2D eigenvalue weighted by Gasteiger charge is 2.38. The van der Waals surface area contributed by atoms with Gasteiger partial charge in [-0.05, 0) is 72.5 Å². The van der Waals surface area contributed by atoms with Gasteiger partial charge in [0.25, 0.3) is 0 Å². The molecule has 7 rings (SSSR count). The van der Waals surface area contributed by atoms with Crippen molar-refractivity contribution in [3.05, 3.63) is 108 Å². The smallest absolute Gasteiger partial charge is 0.407 e. The Kier molecular flexibility index (Phi) is 12.4. The maximum atomic E-state index is 14.2. The third-order valence-electron chi connectivity index (χ3n) is 12.1. The molecular formula is C46H56N8O4. The van der Waals surface area contributed by atoms with E-state index < -0.39 is 12.1 Å². The maximum absolute atomic E-state index is 14.2. The molecule has 0 unspecified atom stereocenters. The molecule has 2 aromatic heterocycles. The predicted octanol–water partition coefficient (Wildman–Crippen LogP) is 8.57. The molecule has 2 aliphatic rings. The van der Waals surface area contributed by atoms with Gasteiger partial charge in [0, 0.05) is 32.6 Å². The zero-order valence-electron chi connectivity index (χ0n) is 34.3. The van der Waals surface area contributed by atoms with Crippen LogP contribution in [0.5, 0.6) is 0 Å². The van der Waals surface area contributed by atoms with Gasteiger partial charge in [-0.3, -0.25) is 14.5 Å². The van der Waals surface area contributed by atoms with Crippen molar-refractivity contribution in [2.24, 2.45) is 5.92 Å². The molecule has 4 heterocycles. The third kappa shape index (κ3) is 8.43. The van der Waals surface area contributed by atoms with Crippen LogP contribution in [0.25, 0.3) is 33.6 Å². The number of imidazole rings is 2. The van der Waals surface area contributed by atoms with Gasteiger partial charge in [-0.25, -0.2) is 14.8 Å². The lowest BCUT2D eigenvalue weighted by atomic mass is 9.99. The Morgan fingerprint density at radius 2 is 1.22 bits per heavy atom. The number of H-pyrrole nitrogens is 2. The average Bonchev–Trinajstić information content (AvgIpc) is 4.09. The maximum Gasteiger partial charge on any atom is 0.407 e. The first-order chi connectivity index (χ1) is 28.1. The Hall–Kier alpha value is -5.75. The van der Waals surface area contributed by atoms with Gasteiger partial charge in [-0.2, -0.15) is 0 Å². The highest BCUT2D eigenvalue weighted by molar-refractivity contribution is 5.84. The van der Waals surface area contributed by atoms with E-state index in [-0.39, 0.29) is 42.3 Å². The lowest BCUT2D eigenvalue weighted by Crippen LogP contribution is -2.44. The van der Waals surface area contributed by atoms with Crippen molar-refractivity contribution < 1.29 is 19.5 Å². The van der Waals surface area contributed by atoms with Crippen LogP contribution in [0, 0.1) is 5.92 Å². The molecule has 4 atom stereocenters. The predicted molar refractivity (Wildman–Crippen MR) is 226 cm³/mol. The molecular weight excluding hydrogens is 729 g/mol. The van der Waals surface area contributed by atoms with E-state index in [2.05, 4.69) is 89.4 Å². The SMILES string of the molecule is CCN(CC)[C@@H](C(=O)N1CCC[C@H]1c1ncc(-c2ccc(-c3ccc(-c4cnc([C@@H]5CCCN5C(=O)C[C@H](C(C)C)N(C)C(=O)O)[nH]4)cc3)cc2)[nH]1)c1ccccc1. The van der Waals surface area contributed by atoms with E-state index in [0.29, 0.717) is 13.1 Å². The van der Waals surface area contributed by atoms with Crippen LogP contribution in [0.2, 0.25) is 0 Å². The number of carbonyl (C=O) groups is 3. The summed E-state index contributed by atoms with van der Waals surface area (Å²) in [6, 6.07) is 25.9. The normalized spacial score (nSPS) is 17.9. The first-order valence-corrected chi connectivity index (χ1v) is 20.7. The number of likely N-dealkylation sites (N-methyl/N-ethyl adjacent to an activating group) is 1. The number of amides is 3. The molecule has 304 valence electrons. The van der Waals surface area contributed by atoms with Crippen molar-refractivity contribution >= 4 is 17.9 Å². The monoisotopic (exact) mass is 784 g/mol. The molecule has 3 N–H and O–H groups in total. The number of rotatable bonds is 14. The first-order valence-electron chi connectivity index (χ1n) is 20.7. The lowest BCUT2D eigenvalue weighted by molar-refractivity contribution is -0.138. The zero-order chi connectivity index (χ0) is 40.9. The van der Waals surface area contributed by atoms with Crippen LogP contribution in [0.1, 0.15) is 95.1 Å². The van der Waals surface area contributed by atoms with E-state index in [9.17, 15) is 19.5 Å². The number of nitrogens with one attached hydrogen (secondary N) is 2. The van der Waals surface area contributed by atoms with Crippen molar-refractivity contribution in [3.63, 3.8) is 0 Å². The summed E-state index contributed by atoms with van der Waals surface area (Å²) in [5.74, 6) is 1.66. The van der Waals surface area contributed by atoms with Crippen LogP contribution in [-0.4, -0.2) is 102 Å². The van der Waals surface area contributed by atoms with Gasteiger partial charge in [-0.1, -0.05) is 107 Å². The fourth-order valence-electron chi connectivity index (χ4n) is 8.80. The molecule has 0 aliphatic carbocycles. The largest absolute Gasteiger partial charge is 0.465 e. The lowest BCUT2D eigenvalue weighted by Gasteiger charge is -2.34. The molecule has 12 heteroatoms. The molecule has 0 radical (unpaired) electrons. The highest BCUT2D eigenvalue weighted by atomic mass is 16.4. The summed E-state index contributed by atoms with van der Waals surface area (Å²) >= 11 is 0. The Labute approximate surface area is 341 Å². The number of nitrogens with zero attached hydrogens (tertiary/aromatic N) is 6. The second-order valence-corrected chi connectivity index (χ2v) is 15.9. The Morgan fingerprint density at radius 1 is 0.741 bits per heavy atom. The van der Waals surface area contributed by atoms with Crippen LogP contribution in [0.3, 0.4) is 0 Å². The minimum absolute atomic E-state index is 0.0105. The molecule has 2 saturated heterocycles. The van der Waals surface area contributed by atoms with Gasteiger partial charge in [0.2, 0.25) is 11.8 Å². The second kappa shape index (κ2) is 17.8. The Bertz CT molecular complexity index is 2160. The number of hydrogen-bond acceptors (Lipinski definition) is 6. The molecule has 0 saturated carbocycles. The number of likely N-dealkylation sites (tertiary alicyclic amines) is 2. The minimum atomic E-state index is -1.03. The van der Waals surface area contributed by atoms with Gasteiger partial charge in [0.05, 0.1) is 35.9 Å². The summed E-state index contributed by atoms with van der Waals surface area (Å²) in [4.78, 5) is 63.2. The van der Waals surface area contributed by atoms with E-state index in [0.717, 1.165) is 89.6 Å². The summed E-state index contributed by atoms with van der Waals surface area (Å²) in [5.41, 5.74) is 7.01. The third-order valence-corrected chi connectivity index (χ3v) is 12.1. The number of carboxylic acid groups (broad SMARTS) is 1. The van der Waals surface area contributed by atoms with Crippen LogP contribution in [0.15, 0.2) is 91.3 Å². The van der Waals surface area contributed by atoms with Crippen LogP contribution >= 0.6 is 0 Å². The molecule has 12 nitrogen and oxygen atoms in total. The van der Waals surface area contributed by atoms with E-state index in [4.69, 9.17) is 9.97 Å². The minimum Gasteiger partial charge on any atom is -0.465 e.